The van der Waals surface area contributed by atoms with E-state index in [1.54, 1.807) is 14.5 Å². The van der Waals surface area contributed by atoms with Crippen molar-refractivity contribution in [2.45, 2.75) is 76.5 Å². The number of hydrogen-bond donors (Lipinski definition) is 2. The van der Waals surface area contributed by atoms with Gasteiger partial charge in [0, 0.05) is 61.5 Å². The number of aryl methyl sites for hydroxylation is 1. The van der Waals surface area contributed by atoms with Crippen LogP contribution in [0.15, 0.2) is 91.1 Å². The third-order valence-corrected chi connectivity index (χ3v) is 10.7. The number of hydrogen-bond acceptors (Lipinski definition) is 7. The molecule has 3 atom stereocenters. The number of carbonyl (C=O) groups is 3. The Morgan fingerprint density at radius 3 is 2.21 bits per heavy atom. The molecule has 0 aliphatic carbocycles. The van der Waals surface area contributed by atoms with Crippen LogP contribution < -0.4 is 14.7 Å². The largest absolute Gasteiger partial charge is 0.395 e. The van der Waals surface area contributed by atoms with Crippen molar-refractivity contribution in [3.63, 3.8) is 0 Å². The van der Waals surface area contributed by atoms with Gasteiger partial charge in [0.05, 0.1) is 30.5 Å². The first-order chi connectivity index (χ1) is 25.3. The summed E-state index contributed by atoms with van der Waals surface area (Å²) in [7, 11) is 0. The van der Waals surface area contributed by atoms with Gasteiger partial charge in [0.2, 0.25) is 11.8 Å². The van der Waals surface area contributed by atoms with Crippen molar-refractivity contribution in [2.75, 3.05) is 34.4 Å². The van der Waals surface area contributed by atoms with Crippen molar-refractivity contribution in [3.8, 4) is 0 Å². The minimum absolute atomic E-state index is 0.0430. The van der Waals surface area contributed by atoms with Crippen LogP contribution in [0, 0.1) is 5.92 Å². The van der Waals surface area contributed by atoms with Gasteiger partial charge in [0.1, 0.15) is 0 Å². The van der Waals surface area contributed by atoms with Crippen molar-refractivity contribution in [3.05, 3.63) is 114 Å². The summed E-state index contributed by atoms with van der Waals surface area (Å²) in [6, 6.07) is 23.0. The van der Waals surface area contributed by atoms with Gasteiger partial charge in [0.15, 0.2) is 5.60 Å². The zero-order chi connectivity index (χ0) is 36.2. The Labute approximate surface area is 304 Å². The molecule has 0 radical (unpaired) electrons. The molecule has 4 heterocycles. The minimum Gasteiger partial charge on any atom is -0.395 e. The smallest absolute Gasteiger partial charge is 0.264 e. The number of amides is 3. The fourth-order valence-electron chi connectivity index (χ4n) is 7.67. The average molecular weight is 703 g/mol. The molecule has 3 aliphatic heterocycles. The number of carbonyl (C=O) groups excluding carboxylic acids is 3. The summed E-state index contributed by atoms with van der Waals surface area (Å²) in [5, 5.41) is 31.0. The number of rotatable bonds is 12. The highest BCUT2D eigenvalue weighted by atomic mass is 16.3. The maximum Gasteiger partial charge on any atom is 0.264 e. The predicted octanol–water partition coefficient (Wildman–Crippen LogP) is 5.45. The van der Waals surface area contributed by atoms with Crippen LogP contribution in [0.5, 0.6) is 0 Å². The second kappa shape index (κ2) is 15.2. The molecule has 4 aromatic rings. The topological polar surface area (TPSA) is 132 Å². The normalized spacial score (nSPS) is 20.5. The Morgan fingerprint density at radius 2 is 1.54 bits per heavy atom. The Kier molecular flexibility index (Phi) is 10.3. The monoisotopic (exact) mass is 702 g/mol. The van der Waals surface area contributed by atoms with Gasteiger partial charge in [-0.3, -0.25) is 19.1 Å². The summed E-state index contributed by atoms with van der Waals surface area (Å²) in [6.07, 6.45) is 10.9. The van der Waals surface area contributed by atoms with Gasteiger partial charge in [-0.2, -0.15) is 0 Å². The van der Waals surface area contributed by atoms with Crippen LogP contribution in [0.25, 0.3) is 0 Å². The molecule has 11 nitrogen and oxygen atoms in total. The molecule has 3 amide bonds. The van der Waals surface area contributed by atoms with Crippen molar-refractivity contribution >= 4 is 34.8 Å². The van der Waals surface area contributed by atoms with Crippen LogP contribution in [0.3, 0.4) is 0 Å². The fourth-order valence-corrected chi connectivity index (χ4v) is 7.67. The van der Waals surface area contributed by atoms with Gasteiger partial charge in [-0.15, -0.1) is 5.10 Å². The zero-order valence-electron chi connectivity index (χ0n) is 29.6. The summed E-state index contributed by atoms with van der Waals surface area (Å²) in [5.41, 5.74) is 3.30. The molecule has 1 unspecified atom stereocenters. The molecule has 11 heteroatoms. The maximum atomic E-state index is 14.4. The van der Waals surface area contributed by atoms with Crippen molar-refractivity contribution in [1.82, 2.24) is 15.0 Å². The van der Waals surface area contributed by atoms with E-state index in [0.717, 1.165) is 42.5 Å². The molecular weight excluding hydrogens is 656 g/mol. The van der Waals surface area contributed by atoms with E-state index < -0.39 is 17.4 Å². The number of allylic oxidation sites excluding steroid dienone is 1. The molecule has 270 valence electrons. The predicted molar refractivity (Wildman–Crippen MR) is 199 cm³/mol. The van der Waals surface area contributed by atoms with Crippen LogP contribution in [0.4, 0.5) is 17.1 Å². The SMILES string of the molecule is C[C@@H](/C=C/CCn1cc(C(CO)c2ccccc2)nn1)[C@]1(O)C(=O)N(Cc2ccc(N3CCCCC3=O)cc2)c2ccc(N3CCCCC3=O)cc21. The number of piperidine rings is 2. The summed E-state index contributed by atoms with van der Waals surface area (Å²) >= 11 is 0. The lowest BCUT2D eigenvalue weighted by molar-refractivity contribution is -0.139. The Balaban J connectivity index is 1.10. The van der Waals surface area contributed by atoms with Crippen molar-refractivity contribution < 1.29 is 24.6 Å². The zero-order valence-corrected chi connectivity index (χ0v) is 29.6. The summed E-state index contributed by atoms with van der Waals surface area (Å²) in [6.45, 7) is 3.83. The molecule has 7 rings (SSSR count). The number of aliphatic hydroxyl groups excluding tert-OH is 1. The van der Waals surface area contributed by atoms with Gasteiger partial charge in [-0.1, -0.05) is 66.8 Å². The summed E-state index contributed by atoms with van der Waals surface area (Å²) in [5.74, 6) is -1.11. The first-order valence-corrected chi connectivity index (χ1v) is 18.4. The second-order valence-electron chi connectivity index (χ2n) is 14.1. The number of aliphatic hydroxyl groups is 2. The molecule has 0 spiro atoms. The molecule has 3 aliphatic rings. The van der Waals surface area contributed by atoms with Gasteiger partial charge in [-0.25, -0.2) is 0 Å². The average Bonchev–Trinajstić information content (AvgIpc) is 3.72. The Morgan fingerprint density at radius 1 is 0.865 bits per heavy atom. The summed E-state index contributed by atoms with van der Waals surface area (Å²) in [4.78, 5) is 44.9. The maximum absolute atomic E-state index is 14.4. The van der Waals surface area contributed by atoms with Crippen LogP contribution in [-0.2, 0) is 33.1 Å². The van der Waals surface area contributed by atoms with E-state index >= 15 is 0 Å². The highest BCUT2D eigenvalue weighted by Gasteiger charge is 2.52. The van der Waals surface area contributed by atoms with Crippen molar-refractivity contribution in [1.29, 1.82) is 0 Å². The van der Waals surface area contributed by atoms with E-state index in [2.05, 4.69) is 10.3 Å². The van der Waals surface area contributed by atoms with Crippen LogP contribution >= 0.6 is 0 Å². The molecule has 1 aromatic heterocycles. The lowest BCUT2D eigenvalue weighted by atomic mass is 9.82. The number of benzene rings is 3. The summed E-state index contributed by atoms with van der Waals surface area (Å²) < 4.78 is 1.73. The number of fused-ring (bicyclic) bond motifs is 1. The molecule has 0 bridgehead atoms. The standard InChI is InChI=1S/C41H46N6O5/c1-29(11-5-8-22-44-27-36(42-43-44)34(28-48)31-12-3-2-4-13-31)41(52)35-25-33(46-24-10-7-15-39(46)50)20-21-37(35)47(40(41)51)26-30-16-18-32(19-17-30)45-23-9-6-14-38(45)49/h2-5,11-13,16-21,25,27,29,34,48,52H,6-10,14-15,22-24,26,28H2,1H3/b11-5+/t29-,34?,41+/m0/s1. The minimum atomic E-state index is -1.86. The quantitative estimate of drug-likeness (QED) is 0.188. The Hall–Kier alpha value is -5.13. The van der Waals surface area contributed by atoms with E-state index in [4.69, 9.17) is 0 Å². The first kappa shape index (κ1) is 35.3. The van der Waals surface area contributed by atoms with Crippen LogP contribution in [-0.4, -0.2) is 62.6 Å². The van der Waals surface area contributed by atoms with E-state index in [1.165, 1.54) is 0 Å². The van der Waals surface area contributed by atoms with E-state index in [-0.39, 0.29) is 30.9 Å². The third kappa shape index (κ3) is 6.90. The Bertz CT molecular complexity index is 1940. The number of aromatic nitrogens is 3. The lowest BCUT2D eigenvalue weighted by Gasteiger charge is -2.30. The molecule has 52 heavy (non-hydrogen) atoms. The first-order valence-electron chi connectivity index (χ1n) is 18.4. The molecule has 2 saturated heterocycles. The second-order valence-corrected chi connectivity index (χ2v) is 14.1. The highest BCUT2D eigenvalue weighted by molar-refractivity contribution is 6.08. The highest BCUT2D eigenvalue weighted by Crippen LogP contribution is 2.47. The molecule has 3 aromatic carbocycles. The molecular formula is C41H46N6O5. The van der Waals surface area contributed by atoms with Gasteiger partial charge < -0.3 is 24.9 Å². The van der Waals surface area contributed by atoms with Gasteiger partial charge in [-0.05, 0) is 73.6 Å². The van der Waals surface area contributed by atoms with Crippen LogP contribution in [0.1, 0.15) is 80.2 Å². The molecule has 2 fully saturated rings. The van der Waals surface area contributed by atoms with E-state index in [0.29, 0.717) is 61.5 Å². The molecule has 0 saturated carbocycles. The van der Waals surface area contributed by atoms with Gasteiger partial charge >= 0.3 is 0 Å². The van der Waals surface area contributed by atoms with E-state index in [9.17, 15) is 24.6 Å². The molecule has 2 N–H and O–H groups in total. The number of nitrogens with zero attached hydrogens (tertiary/aromatic N) is 6. The lowest BCUT2D eigenvalue weighted by Crippen LogP contribution is -2.44. The van der Waals surface area contributed by atoms with Crippen molar-refractivity contribution in [2.24, 2.45) is 5.92 Å². The van der Waals surface area contributed by atoms with Gasteiger partial charge in [0.25, 0.3) is 5.91 Å². The van der Waals surface area contributed by atoms with E-state index in [1.807, 2.05) is 103 Å². The van der Waals surface area contributed by atoms with Crippen LogP contribution in [0.2, 0.25) is 0 Å². The fraction of sp³-hybridized carbons (Fsp3) is 0.390. The number of anilines is 3. The third-order valence-electron chi connectivity index (χ3n) is 10.7.